The Hall–Kier alpha value is -1.11. The number of nitrogens with one attached hydrogen (secondary N) is 2. The fraction of sp³-hybridized carbons (Fsp3) is 0.600. The standard InChI is InChI=1S/C15H26N2O3S/c1-3-10-16-11-6-7-12-21(18,19)17-15-9-5-4-8-14(15)13-20-2/h4-5,8-9,16-17H,3,6-7,10-13H2,1-2H3. The first-order chi connectivity index (χ1) is 10.1. The number of rotatable bonds is 11. The predicted molar refractivity (Wildman–Crippen MR) is 87.0 cm³/mol. The molecule has 0 radical (unpaired) electrons. The molecule has 0 aromatic heterocycles. The first-order valence-corrected chi connectivity index (χ1v) is 9.02. The Kier molecular flexibility index (Phi) is 8.34. The molecule has 1 aromatic carbocycles. The highest BCUT2D eigenvalue weighted by Gasteiger charge is 2.12. The monoisotopic (exact) mass is 314 g/mol. The molecule has 0 heterocycles. The van der Waals surface area contributed by atoms with Gasteiger partial charge in [-0.25, -0.2) is 8.42 Å². The molecule has 1 aromatic rings. The number of hydrogen-bond donors (Lipinski definition) is 2. The van der Waals surface area contributed by atoms with Crippen LogP contribution in [0.25, 0.3) is 0 Å². The second-order valence-electron chi connectivity index (χ2n) is 4.97. The molecule has 2 N–H and O–H groups in total. The number of hydrogen-bond acceptors (Lipinski definition) is 4. The smallest absolute Gasteiger partial charge is 0.232 e. The topological polar surface area (TPSA) is 67.4 Å². The van der Waals surface area contributed by atoms with E-state index in [1.54, 1.807) is 13.2 Å². The van der Waals surface area contributed by atoms with Crippen molar-refractivity contribution in [2.75, 3.05) is 30.7 Å². The van der Waals surface area contributed by atoms with Gasteiger partial charge in [0, 0.05) is 12.7 Å². The zero-order chi connectivity index (χ0) is 15.6. The summed E-state index contributed by atoms with van der Waals surface area (Å²) in [6.45, 7) is 4.34. The molecule has 0 aliphatic rings. The van der Waals surface area contributed by atoms with Crippen molar-refractivity contribution in [1.82, 2.24) is 5.32 Å². The summed E-state index contributed by atoms with van der Waals surface area (Å²) in [5.41, 5.74) is 1.44. The van der Waals surface area contributed by atoms with Gasteiger partial charge in [0.1, 0.15) is 0 Å². The van der Waals surface area contributed by atoms with Gasteiger partial charge in [0.05, 0.1) is 18.0 Å². The summed E-state index contributed by atoms with van der Waals surface area (Å²) < 4.78 is 31.9. The summed E-state index contributed by atoms with van der Waals surface area (Å²) in [5.74, 6) is 0.141. The van der Waals surface area contributed by atoms with Crippen molar-refractivity contribution in [1.29, 1.82) is 0 Å². The van der Waals surface area contributed by atoms with Crippen molar-refractivity contribution in [3.05, 3.63) is 29.8 Å². The van der Waals surface area contributed by atoms with E-state index in [9.17, 15) is 8.42 Å². The molecule has 0 atom stereocenters. The van der Waals surface area contributed by atoms with E-state index in [2.05, 4.69) is 17.0 Å². The van der Waals surface area contributed by atoms with Crippen LogP contribution in [0.2, 0.25) is 0 Å². The van der Waals surface area contributed by atoms with Crippen molar-refractivity contribution in [2.24, 2.45) is 0 Å². The van der Waals surface area contributed by atoms with Crippen LogP contribution in [0.5, 0.6) is 0 Å². The lowest BCUT2D eigenvalue weighted by atomic mass is 10.2. The first-order valence-electron chi connectivity index (χ1n) is 7.37. The highest BCUT2D eigenvalue weighted by atomic mass is 32.2. The molecule has 5 nitrogen and oxygen atoms in total. The molecular formula is C15H26N2O3S. The van der Waals surface area contributed by atoms with Crippen LogP contribution in [0.1, 0.15) is 31.7 Å². The van der Waals surface area contributed by atoms with E-state index in [1.807, 2.05) is 18.2 Å². The van der Waals surface area contributed by atoms with Crippen molar-refractivity contribution < 1.29 is 13.2 Å². The van der Waals surface area contributed by atoms with Crippen LogP contribution in [0.3, 0.4) is 0 Å². The van der Waals surface area contributed by atoms with Crippen molar-refractivity contribution in [3.63, 3.8) is 0 Å². The van der Waals surface area contributed by atoms with Crippen LogP contribution in [-0.4, -0.2) is 34.4 Å². The molecule has 0 fully saturated rings. The summed E-state index contributed by atoms with van der Waals surface area (Å²) in [6.07, 6.45) is 2.61. The molecule has 0 bridgehead atoms. The van der Waals surface area contributed by atoms with E-state index in [4.69, 9.17) is 4.74 Å². The molecule has 6 heteroatoms. The van der Waals surface area contributed by atoms with Crippen LogP contribution in [0, 0.1) is 0 Å². The van der Waals surface area contributed by atoms with Gasteiger partial charge in [0.2, 0.25) is 10.0 Å². The number of para-hydroxylation sites is 1. The maximum absolute atomic E-state index is 12.1. The molecule has 0 aliphatic heterocycles. The fourth-order valence-corrected chi connectivity index (χ4v) is 3.18. The zero-order valence-corrected chi connectivity index (χ0v) is 13.7. The minimum Gasteiger partial charge on any atom is -0.380 e. The molecule has 0 saturated carbocycles. The molecular weight excluding hydrogens is 288 g/mol. The SMILES string of the molecule is CCCNCCCCS(=O)(=O)Nc1ccccc1COC. The van der Waals surface area contributed by atoms with Crippen LogP contribution < -0.4 is 10.0 Å². The first kappa shape index (κ1) is 17.9. The van der Waals surface area contributed by atoms with Gasteiger partial charge < -0.3 is 10.1 Å². The Balaban J connectivity index is 2.45. The quantitative estimate of drug-likeness (QED) is 0.615. The third-order valence-electron chi connectivity index (χ3n) is 3.03. The van der Waals surface area contributed by atoms with Gasteiger partial charge in [-0.1, -0.05) is 25.1 Å². The highest BCUT2D eigenvalue weighted by molar-refractivity contribution is 7.92. The van der Waals surface area contributed by atoms with Gasteiger partial charge >= 0.3 is 0 Å². The molecule has 0 saturated heterocycles. The lowest BCUT2D eigenvalue weighted by Gasteiger charge is -2.12. The van der Waals surface area contributed by atoms with E-state index in [1.165, 1.54) is 0 Å². The summed E-state index contributed by atoms with van der Waals surface area (Å²) in [6, 6.07) is 7.29. The van der Waals surface area contributed by atoms with Gasteiger partial charge in [0.25, 0.3) is 0 Å². The van der Waals surface area contributed by atoms with Crippen molar-refractivity contribution in [2.45, 2.75) is 32.8 Å². The normalized spacial score (nSPS) is 11.5. The lowest BCUT2D eigenvalue weighted by Crippen LogP contribution is -2.20. The largest absolute Gasteiger partial charge is 0.380 e. The molecule has 120 valence electrons. The number of benzene rings is 1. The summed E-state index contributed by atoms with van der Waals surface area (Å²) in [4.78, 5) is 0. The van der Waals surface area contributed by atoms with E-state index in [0.29, 0.717) is 18.7 Å². The number of methoxy groups -OCH3 is 1. The maximum atomic E-state index is 12.1. The van der Waals surface area contributed by atoms with Gasteiger partial charge in [-0.05, 0) is 38.4 Å². The van der Waals surface area contributed by atoms with Crippen LogP contribution >= 0.6 is 0 Å². The van der Waals surface area contributed by atoms with Gasteiger partial charge in [-0.3, -0.25) is 4.72 Å². The number of anilines is 1. The third kappa shape index (κ3) is 7.45. The summed E-state index contributed by atoms with van der Waals surface area (Å²) in [7, 11) is -1.71. The minimum atomic E-state index is -3.30. The number of sulfonamides is 1. The fourth-order valence-electron chi connectivity index (χ4n) is 1.96. The number of ether oxygens (including phenoxy) is 1. The number of unbranched alkanes of at least 4 members (excludes halogenated alkanes) is 1. The Morgan fingerprint density at radius 3 is 2.62 bits per heavy atom. The van der Waals surface area contributed by atoms with E-state index >= 15 is 0 Å². The summed E-state index contributed by atoms with van der Waals surface area (Å²) in [5, 5.41) is 3.27. The van der Waals surface area contributed by atoms with Gasteiger partial charge in [0.15, 0.2) is 0 Å². The second kappa shape index (κ2) is 9.76. The molecule has 0 aliphatic carbocycles. The van der Waals surface area contributed by atoms with E-state index in [0.717, 1.165) is 31.5 Å². The van der Waals surface area contributed by atoms with Crippen molar-refractivity contribution in [3.8, 4) is 0 Å². The maximum Gasteiger partial charge on any atom is 0.232 e. The minimum absolute atomic E-state index is 0.141. The van der Waals surface area contributed by atoms with E-state index < -0.39 is 10.0 Å². The van der Waals surface area contributed by atoms with Gasteiger partial charge in [-0.15, -0.1) is 0 Å². The third-order valence-corrected chi connectivity index (χ3v) is 4.38. The molecule has 0 amide bonds. The van der Waals surface area contributed by atoms with Gasteiger partial charge in [-0.2, -0.15) is 0 Å². The Morgan fingerprint density at radius 2 is 1.90 bits per heavy atom. The predicted octanol–water partition coefficient (Wildman–Crippen LogP) is 2.35. The van der Waals surface area contributed by atoms with Crippen LogP contribution in [-0.2, 0) is 21.4 Å². The summed E-state index contributed by atoms with van der Waals surface area (Å²) >= 11 is 0. The van der Waals surface area contributed by atoms with E-state index in [-0.39, 0.29) is 5.75 Å². The Bertz CT molecular complexity index is 503. The second-order valence-corrected chi connectivity index (χ2v) is 6.81. The molecule has 1 rings (SSSR count). The Labute approximate surface area is 128 Å². The average molecular weight is 314 g/mol. The molecule has 21 heavy (non-hydrogen) atoms. The molecule has 0 spiro atoms. The average Bonchev–Trinajstić information content (AvgIpc) is 2.45. The zero-order valence-electron chi connectivity index (χ0n) is 12.9. The highest BCUT2D eigenvalue weighted by Crippen LogP contribution is 2.17. The van der Waals surface area contributed by atoms with Crippen molar-refractivity contribution >= 4 is 15.7 Å². The van der Waals surface area contributed by atoms with Crippen LogP contribution in [0.4, 0.5) is 5.69 Å². The Morgan fingerprint density at radius 1 is 1.14 bits per heavy atom. The lowest BCUT2D eigenvalue weighted by molar-refractivity contribution is 0.185. The molecule has 0 unspecified atom stereocenters. The van der Waals surface area contributed by atoms with Crippen LogP contribution in [0.15, 0.2) is 24.3 Å².